The molecule has 6 nitrogen and oxygen atoms in total. The summed E-state index contributed by atoms with van der Waals surface area (Å²) >= 11 is 0. The lowest BCUT2D eigenvalue weighted by Gasteiger charge is -2.24. The largest absolute Gasteiger partial charge is 0.466 e. The second-order valence-corrected chi connectivity index (χ2v) is 22.2. The van der Waals surface area contributed by atoms with Gasteiger partial charge < -0.3 is 19.3 Å². The Balaban J connectivity index is 4.91. The van der Waals surface area contributed by atoms with E-state index < -0.39 is 0 Å². The number of allylic oxidation sites excluding steroid dienone is 1. The Morgan fingerprint density at radius 3 is 1.06 bits per heavy atom. The summed E-state index contributed by atoms with van der Waals surface area (Å²) < 4.78 is 11.6. The number of carbonyl (C=O) groups is 2. The summed E-state index contributed by atoms with van der Waals surface area (Å²) in [5.74, 6) is 0.0220. The zero-order valence-electron chi connectivity index (χ0n) is 49.2. The molecule has 0 fully saturated rings. The average molecular weight is 1000 g/mol. The lowest BCUT2D eigenvalue weighted by molar-refractivity contribution is -0.149. The molecule has 0 spiro atoms. The highest BCUT2D eigenvalue weighted by Gasteiger charge is 2.14. The third kappa shape index (κ3) is 54.7. The highest BCUT2D eigenvalue weighted by Crippen LogP contribution is 2.18. The molecule has 1 atom stereocenters. The molecule has 422 valence electrons. The molecule has 0 amide bonds. The molecule has 0 saturated carbocycles. The van der Waals surface area contributed by atoms with E-state index in [1.165, 1.54) is 277 Å². The van der Waals surface area contributed by atoms with Crippen LogP contribution in [0.3, 0.4) is 0 Å². The molecule has 0 rings (SSSR count). The van der Waals surface area contributed by atoms with Crippen molar-refractivity contribution in [2.24, 2.45) is 0 Å². The van der Waals surface area contributed by atoms with Crippen molar-refractivity contribution in [3.63, 3.8) is 0 Å². The van der Waals surface area contributed by atoms with Gasteiger partial charge in [0, 0.05) is 19.3 Å². The van der Waals surface area contributed by atoms with E-state index in [0.717, 1.165) is 57.8 Å². The van der Waals surface area contributed by atoms with Crippen molar-refractivity contribution in [3.8, 4) is 0 Å². The fraction of sp³-hybridized carbons (Fsp3) is 0.938. The van der Waals surface area contributed by atoms with Gasteiger partial charge in [0.15, 0.2) is 0 Å². The van der Waals surface area contributed by atoms with Gasteiger partial charge in [0.2, 0.25) is 0 Å². The zero-order chi connectivity index (χ0) is 51.6. The summed E-state index contributed by atoms with van der Waals surface area (Å²) in [5.41, 5.74) is 0. The molecule has 0 aliphatic rings. The number of hydrogen-bond donors (Lipinski definition) is 0. The number of nitrogens with zero attached hydrogens (tertiary/aromatic N) is 2. The number of rotatable bonds is 60. The number of unbranched alkanes of at least 4 members (excludes halogenated alkanes) is 36. The summed E-state index contributed by atoms with van der Waals surface area (Å²) in [6.07, 6.45) is 64.1. The molecule has 0 aliphatic heterocycles. The maximum atomic E-state index is 13.0. The third-order valence-corrected chi connectivity index (χ3v) is 15.0. The van der Waals surface area contributed by atoms with Crippen molar-refractivity contribution in [2.75, 3.05) is 45.9 Å². The smallest absolute Gasteiger partial charge is 0.306 e. The normalized spacial score (nSPS) is 12.3. The molecular weight excluding hydrogens is 873 g/mol. The van der Waals surface area contributed by atoms with E-state index in [1.54, 1.807) is 0 Å². The Hall–Kier alpha value is -1.40. The van der Waals surface area contributed by atoms with E-state index in [1.807, 2.05) is 0 Å². The summed E-state index contributed by atoms with van der Waals surface area (Å²) in [6, 6.07) is 0. The summed E-state index contributed by atoms with van der Waals surface area (Å²) in [7, 11) is 0. The molecule has 0 heterocycles. The van der Waals surface area contributed by atoms with Gasteiger partial charge in [-0.15, -0.1) is 0 Å². The highest BCUT2D eigenvalue weighted by molar-refractivity contribution is 5.69. The van der Waals surface area contributed by atoms with Gasteiger partial charge in [-0.2, -0.15) is 0 Å². The fourth-order valence-electron chi connectivity index (χ4n) is 10.2. The topological polar surface area (TPSA) is 59.1 Å². The molecule has 0 bridgehead atoms. The standard InChI is InChI=1S/C65H128N2O4/c1-6-11-16-21-26-35-45-56-66(57-46-36-27-22-17-12-7-2)60-49-40-50-61-67(58-47-37-29-33-43-54-64(68)70-62-51-39-28-23-18-13-8-3)59-48-38-30-34-44-55-65(69)71-63(52-41-31-24-19-14-9-4)53-42-32-25-20-15-10-5/h31,41,63H,6-30,32-40,42-62H2,1-5H3/b41-31+. The van der Waals surface area contributed by atoms with Gasteiger partial charge in [0.05, 0.1) is 6.61 Å². The summed E-state index contributed by atoms with van der Waals surface area (Å²) in [4.78, 5) is 30.9. The van der Waals surface area contributed by atoms with Crippen LogP contribution in [0.25, 0.3) is 0 Å². The van der Waals surface area contributed by atoms with Crippen LogP contribution in [0, 0.1) is 0 Å². The molecule has 0 aromatic heterocycles. The van der Waals surface area contributed by atoms with Gasteiger partial charge >= 0.3 is 11.9 Å². The Morgan fingerprint density at radius 1 is 0.338 bits per heavy atom. The first-order valence-corrected chi connectivity index (χ1v) is 32.4. The van der Waals surface area contributed by atoms with Gasteiger partial charge in [-0.25, -0.2) is 0 Å². The molecule has 0 aromatic carbocycles. The van der Waals surface area contributed by atoms with E-state index in [9.17, 15) is 9.59 Å². The SMILES string of the molecule is CCCCC/C=C/CC(CCCCCCCC)OC(=O)CCCCCCCN(CCCCCCCC(=O)OCCCCCCCCC)CCCCCN(CCCCCCCCC)CCCCCCCCC. The van der Waals surface area contributed by atoms with E-state index in [0.29, 0.717) is 19.4 Å². The predicted molar refractivity (Wildman–Crippen MR) is 313 cm³/mol. The van der Waals surface area contributed by atoms with Crippen molar-refractivity contribution in [3.05, 3.63) is 12.2 Å². The van der Waals surface area contributed by atoms with E-state index in [2.05, 4.69) is 56.6 Å². The summed E-state index contributed by atoms with van der Waals surface area (Å²) in [6.45, 7) is 19.5. The van der Waals surface area contributed by atoms with Gasteiger partial charge in [-0.3, -0.25) is 9.59 Å². The van der Waals surface area contributed by atoms with Crippen molar-refractivity contribution in [1.82, 2.24) is 9.80 Å². The number of hydrogen-bond acceptors (Lipinski definition) is 6. The van der Waals surface area contributed by atoms with Crippen molar-refractivity contribution < 1.29 is 19.1 Å². The van der Waals surface area contributed by atoms with Crippen LogP contribution < -0.4 is 0 Å². The first-order chi connectivity index (χ1) is 35.0. The van der Waals surface area contributed by atoms with Crippen LogP contribution in [-0.4, -0.2) is 73.7 Å². The van der Waals surface area contributed by atoms with Gasteiger partial charge in [-0.1, -0.05) is 252 Å². The molecule has 71 heavy (non-hydrogen) atoms. The number of ether oxygens (including phenoxy) is 2. The zero-order valence-corrected chi connectivity index (χ0v) is 49.2. The van der Waals surface area contributed by atoms with Gasteiger partial charge in [-0.05, 0) is 123 Å². The Bertz CT molecular complexity index is 1060. The van der Waals surface area contributed by atoms with E-state index >= 15 is 0 Å². The number of carbonyl (C=O) groups excluding carboxylic acids is 2. The minimum atomic E-state index is 0.00438. The number of esters is 2. The Kier molecular flexibility index (Phi) is 58.3. The molecule has 0 N–H and O–H groups in total. The minimum Gasteiger partial charge on any atom is -0.466 e. The quantitative estimate of drug-likeness (QED) is 0.0344. The summed E-state index contributed by atoms with van der Waals surface area (Å²) in [5, 5.41) is 0. The fourth-order valence-corrected chi connectivity index (χ4v) is 10.2. The van der Waals surface area contributed by atoms with Gasteiger partial charge in [0.1, 0.15) is 6.10 Å². The van der Waals surface area contributed by atoms with Crippen LogP contribution in [0.15, 0.2) is 12.2 Å². The predicted octanol–water partition coefficient (Wildman–Crippen LogP) is 20.4. The van der Waals surface area contributed by atoms with Crippen LogP contribution in [0.4, 0.5) is 0 Å². The van der Waals surface area contributed by atoms with Crippen molar-refractivity contribution in [2.45, 2.75) is 349 Å². The van der Waals surface area contributed by atoms with Crippen LogP contribution >= 0.6 is 0 Å². The van der Waals surface area contributed by atoms with Crippen molar-refractivity contribution >= 4 is 11.9 Å². The van der Waals surface area contributed by atoms with Crippen LogP contribution in [0.5, 0.6) is 0 Å². The second kappa shape index (κ2) is 59.5. The van der Waals surface area contributed by atoms with Crippen LogP contribution in [0.2, 0.25) is 0 Å². The van der Waals surface area contributed by atoms with E-state index in [4.69, 9.17) is 9.47 Å². The lowest BCUT2D eigenvalue weighted by atomic mass is 10.0. The first-order valence-electron chi connectivity index (χ1n) is 32.4. The maximum absolute atomic E-state index is 13.0. The molecule has 0 saturated heterocycles. The molecule has 0 aliphatic carbocycles. The molecule has 0 radical (unpaired) electrons. The Morgan fingerprint density at radius 2 is 0.648 bits per heavy atom. The van der Waals surface area contributed by atoms with E-state index in [-0.39, 0.29) is 18.0 Å². The third-order valence-electron chi connectivity index (χ3n) is 15.0. The monoisotopic (exact) mass is 1000 g/mol. The maximum Gasteiger partial charge on any atom is 0.306 e. The lowest BCUT2D eigenvalue weighted by Crippen LogP contribution is -2.29. The molecular formula is C65H128N2O4. The van der Waals surface area contributed by atoms with Crippen molar-refractivity contribution in [1.29, 1.82) is 0 Å². The van der Waals surface area contributed by atoms with Crippen LogP contribution in [-0.2, 0) is 19.1 Å². The first kappa shape index (κ1) is 69.6. The second-order valence-electron chi connectivity index (χ2n) is 22.2. The Labute approximate surface area is 445 Å². The minimum absolute atomic E-state index is 0.00438. The molecule has 1 unspecified atom stereocenters. The van der Waals surface area contributed by atoms with Crippen LogP contribution in [0.1, 0.15) is 343 Å². The molecule has 0 aromatic rings. The molecule has 6 heteroatoms. The van der Waals surface area contributed by atoms with Gasteiger partial charge in [0.25, 0.3) is 0 Å². The average Bonchev–Trinajstić information content (AvgIpc) is 3.37. The highest BCUT2D eigenvalue weighted by atomic mass is 16.5.